The summed E-state index contributed by atoms with van der Waals surface area (Å²) in [6, 6.07) is 14.8. The Hall–Kier alpha value is -3.35. The fraction of sp³-hybridized carbons (Fsp3) is 0.444. The summed E-state index contributed by atoms with van der Waals surface area (Å²) in [4.78, 5) is 36.9. The molecule has 0 bridgehead atoms. The van der Waals surface area contributed by atoms with E-state index in [0.29, 0.717) is 6.42 Å². The Morgan fingerprint density at radius 2 is 1.50 bits per heavy atom. The fourth-order valence-corrected chi connectivity index (χ4v) is 4.38. The van der Waals surface area contributed by atoms with Gasteiger partial charge in [0.05, 0.1) is 6.42 Å². The molecule has 0 radical (unpaired) electrons. The highest BCUT2D eigenvalue weighted by Gasteiger charge is 2.32. The number of fused-ring (bicyclic) bond motifs is 3. The number of hydrogen-bond donors (Lipinski definition) is 3. The number of rotatable bonds is 10. The Balaban J connectivity index is 1.68. The van der Waals surface area contributed by atoms with Crippen LogP contribution in [0.3, 0.4) is 0 Å². The van der Waals surface area contributed by atoms with Crippen molar-refractivity contribution in [1.82, 2.24) is 10.6 Å². The Bertz CT molecular complexity index is 990. The topological polar surface area (TPSA) is 105 Å². The minimum Gasteiger partial charge on any atom is -0.481 e. The van der Waals surface area contributed by atoms with Crippen molar-refractivity contribution in [2.24, 2.45) is 11.8 Å². The second-order valence-corrected chi connectivity index (χ2v) is 9.29. The maximum Gasteiger partial charge on any atom is 0.407 e. The Labute approximate surface area is 200 Å². The van der Waals surface area contributed by atoms with Gasteiger partial charge in [-0.1, -0.05) is 82.6 Å². The lowest BCUT2D eigenvalue weighted by molar-refractivity contribution is -0.138. The maximum atomic E-state index is 13.0. The van der Waals surface area contributed by atoms with Crippen LogP contribution in [0.2, 0.25) is 0 Å². The average Bonchev–Trinajstić information content (AvgIpc) is 3.13. The number of carbonyl (C=O) groups is 3. The first-order valence-electron chi connectivity index (χ1n) is 11.9. The first-order valence-corrected chi connectivity index (χ1v) is 11.9. The van der Waals surface area contributed by atoms with E-state index in [9.17, 15) is 14.4 Å². The number of benzene rings is 2. The third kappa shape index (κ3) is 5.76. The number of hydrogen-bond acceptors (Lipinski definition) is 4. The van der Waals surface area contributed by atoms with E-state index in [1.807, 2.05) is 64.1 Å². The van der Waals surface area contributed by atoms with E-state index in [1.165, 1.54) is 0 Å². The van der Waals surface area contributed by atoms with Gasteiger partial charge in [0.2, 0.25) is 5.91 Å². The van der Waals surface area contributed by atoms with Gasteiger partial charge in [-0.2, -0.15) is 0 Å². The lowest BCUT2D eigenvalue weighted by atomic mass is 9.96. The second kappa shape index (κ2) is 11.2. The summed E-state index contributed by atoms with van der Waals surface area (Å²) >= 11 is 0. The standard InChI is InChI=1S/C27H34N2O5/c1-5-17(4)25(26(32)28-23(16(2)3)14-24(30)31)29-27(33)34-15-22-20-12-8-6-10-18(20)19-11-7-9-13-21(19)22/h6-13,16-17,22-23,25H,5,14-15H2,1-4H3,(H,28,32)(H,29,33)(H,30,31). The lowest BCUT2D eigenvalue weighted by Crippen LogP contribution is -2.54. The number of ether oxygens (including phenoxy) is 1. The van der Waals surface area contributed by atoms with E-state index >= 15 is 0 Å². The van der Waals surface area contributed by atoms with Crippen molar-refractivity contribution >= 4 is 18.0 Å². The van der Waals surface area contributed by atoms with Crippen LogP contribution in [0.1, 0.15) is 57.6 Å². The van der Waals surface area contributed by atoms with E-state index in [-0.39, 0.29) is 30.8 Å². The van der Waals surface area contributed by atoms with Crippen LogP contribution >= 0.6 is 0 Å². The van der Waals surface area contributed by atoms with Crippen molar-refractivity contribution in [1.29, 1.82) is 0 Å². The van der Waals surface area contributed by atoms with Crippen LogP contribution in [0.25, 0.3) is 11.1 Å². The molecule has 0 aliphatic heterocycles. The molecular formula is C27H34N2O5. The van der Waals surface area contributed by atoms with Gasteiger partial charge < -0.3 is 20.5 Å². The molecule has 2 aromatic rings. The summed E-state index contributed by atoms with van der Waals surface area (Å²) in [5.41, 5.74) is 4.51. The smallest absolute Gasteiger partial charge is 0.407 e. The van der Waals surface area contributed by atoms with Crippen LogP contribution in [-0.4, -0.2) is 41.8 Å². The van der Waals surface area contributed by atoms with Crippen molar-refractivity contribution in [3.05, 3.63) is 59.7 Å². The van der Waals surface area contributed by atoms with Crippen molar-refractivity contribution in [3.63, 3.8) is 0 Å². The van der Waals surface area contributed by atoms with Gasteiger partial charge in [-0.15, -0.1) is 0 Å². The van der Waals surface area contributed by atoms with E-state index in [2.05, 4.69) is 22.8 Å². The predicted octanol–water partition coefficient (Wildman–Crippen LogP) is 4.56. The molecule has 182 valence electrons. The van der Waals surface area contributed by atoms with E-state index in [4.69, 9.17) is 9.84 Å². The third-order valence-electron chi connectivity index (χ3n) is 6.64. The molecule has 0 spiro atoms. The van der Waals surface area contributed by atoms with Gasteiger partial charge in [-0.25, -0.2) is 4.79 Å². The first-order chi connectivity index (χ1) is 16.2. The minimum absolute atomic E-state index is 0.0629. The zero-order chi connectivity index (χ0) is 24.8. The molecule has 3 N–H and O–H groups in total. The Morgan fingerprint density at radius 1 is 0.941 bits per heavy atom. The molecule has 3 atom stereocenters. The summed E-state index contributed by atoms with van der Waals surface area (Å²) in [6.07, 6.45) is -0.184. The molecule has 7 heteroatoms. The van der Waals surface area contributed by atoms with Gasteiger partial charge in [0.1, 0.15) is 12.6 Å². The SMILES string of the molecule is CCC(C)C(NC(=O)OCC1c2ccccc2-c2ccccc21)C(=O)NC(CC(=O)O)C(C)C. The molecule has 1 aliphatic carbocycles. The normalized spacial score (nSPS) is 15.1. The molecule has 0 aromatic heterocycles. The van der Waals surface area contributed by atoms with Crippen LogP contribution in [0.5, 0.6) is 0 Å². The van der Waals surface area contributed by atoms with Crippen molar-refractivity contribution in [3.8, 4) is 11.1 Å². The monoisotopic (exact) mass is 466 g/mol. The average molecular weight is 467 g/mol. The molecule has 3 rings (SSSR count). The van der Waals surface area contributed by atoms with Crippen molar-refractivity contribution in [2.75, 3.05) is 6.61 Å². The van der Waals surface area contributed by atoms with Crippen LogP contribution < -0.4 is 10.6 Å². The number of nitrogens with one attached hydrogen (secondary N) is 2. The molecule has 0 saturated carbocycles. The summed E-state index contributed by atoms with van der Waals surface area (Å²) in [5.74, 6) is -1.67. The molecule has 0 saturated heterocycles. The van der Waals surface area contributed by atoms with Gasteiger partial charge in [0, 0.05) is 12.0 Å². The molecule has 2 amide bonds. The van der Waals surface area contributed by atoms with Crippen LogP contribution in [0.4, 0.5) is 4.79 Å². The second-order valence-electron chi connectivity index (χ2n) is 9.29. The minimum atomic E-state index is -0.983. The summed E-state index contributed by atoms with van der Waals surface area (Å²) in [5, 5.41) is 14.7. The largest absolute Gasteiger partial charge is 0.481 e. The zero-order valence-corrected chi connectivity index (χ0v) is 20.2. The molecule has 0 heterocycles. The van der Waals surface area contributed by atoms with Gasteiger partial charge in [-0.3, -0.25) is 9.59 Å². The summed E-state index contributed by atoms with van der Waals surface area (Å²) in [7, 11) is 0. The van der Waals surface area contributed by atoms with Gasteiger partial charge in [0.25, 0.3) is 0 Å². The number of carboxylic acid groups (broad SMARTS) is 1. The quantitative estimate of drug-likeness (QED) is 0.476. The Morgan fingerprint density at radius 3 is 2.00 bits per heavy atom. The summed E-state index contributed by atoms with van der Waals surface area (Å²) in [6.45, 7) is 7.66. The maximum absolute atomic E-state index is 13.0. The third-order valence-corrected chi connectivity index (χ3v) is 6.64. The van der Waals surface area contributed by atoms with Crippen molar-refractivity contribution < 1.29 is 24.2 Å². The molecule has 0 fully saturated rings. The first kappa shape index (κ1) is 25.3. The zero-order valence-electron chi connectivity index (χ0n) is 20.2. The van der Waals surface area contributed by atoms with Gasteiger partial charge in [-0.05, 0) is 34.1 Å². The number of aliphatic carboxylic acids is 1. The molecule has 1 aliphatic rings. The highest BCUT2D eigenvalue weighted by Crippen LogP contribution is 2.44. The van der Waals surface area contributed by atoms with E-state index in [1.54, 1.807) is 0 Å². The van der Waals surface area contributed by atoms with Gasteiger partial charge >= 0.3 is 12.1 Å². The highest BCUT2D eigenvalue weighted by molar-refractivity contribution is 5.86. The fourth-order valence-electron chi connectivity index (χ4n) is 4.38. The number of carbonyl (C=O) groups excluding carboxylic acids is 2. The molecular weight excluding hydrogens is 432 g/mol. The van der Waals surface area contributed by atoms with E-state index < -0.39 is 30.1 Å². The number of amides is 2. The number of alkyl carbamates (subject to hydrolysis) is 1. The Kier molecular flexibility index (Phi) is 8.31. The van der Waals surface area contributed by atoms with Crippen LogP contribution in [0, 0.1) is 11.8 Å². The van der Waals surface area contributed by atoms with Gasteiger partial charge in [0.15, 0.2) is 0 Å². The molecule has 34 heavy (non-hydrogen) atoms. The highest BCUT2D eigenvalue weighted by atomic mass is 16.5. The van der Waals surface area contributed by atoms with Crippen LogP contribution in [-0.2, 0) is 14.3 Å². The number of carboxylic acids is 1. The van der Waals surface area contributed by atoms with Crippen LogP contribution in [0.15, 0.2) is 48.5 Å². The predicted molar refractivity (Wildman–Crippen MR) is 130 cm³/mol. The molecule has 7 nitrogen and oxygen atoms in total. The summed E-state index contributed by atoms with van der Waals surface area (Å²) < 4.78 is 5.61. The molecule has 3 unspecified atom stereocenters. The van der Waals surface area contributed by atoms with Crippen molar-refractivity contribution in [2.45, 2.75) is 58.5 Å². The van der Waals surface area contributed by atoms with E-state index in [0.717, 1.165) is 22.3 Å². The lowest BCUT2D eigenvalue weighted by Gasteiger charge is -2.27. The molecule has 2 aromatic carbocycles.